The van der Waals surface area contributed by atoms with Gasteiger partial charge in [-0.1, -0.05) is 13.0 Å². The second-order valence-corrected chi connectivity index (χ2v) is 6.01. The van der Waals surface area contributed by atoms with E-state index < -0.39 is 0 Å². The van der Waals surface area contributed by atoms with Crippen molar-refractivity contribution in [2.45, 2.75) is 39.2 Å². The molecule has 1 aliphatic heterocycles. The highest BCUT2D eigenvalue weighted by atomic mass is 16.7. The monoisotopic (exact) mass is 261 g/mol. The Morgan fingerprint density at radius 1 is 1.32 bits per heavy atom. The van der Waals surface area contributed by atoms with E-state index in [2.05, 4.69) is 31.3 Å². The molecule has 0 amide bonds. The van der Waals surface area contributed by atoms with Crippen molar-refractivity contribution in [3.05, 3.63) is 23.8 Å². The molecule has 3 nitrogen and oxygen atoms in total. The van der Waals surface area contributed by atoms with Gasteiger partial charge in [-0.3, -0.25) is 0 Å². The van der Waals surface area contributed by atoms with Gasteiger partial charge in [-0.2, -0.15) is 0 Å². The normalized spacial score (nSPS) is 25.4. The molecule has 3 atom stereocenters. The van der Waals surface area contributed by atoms with Gasteiger partial charge in [0.1, 0.15) is 0 Å². The lowest BCUT2D eigenvalue weighted by Crippen LogP contribution is -2.28. The zero-order chi connectivity index (χ0) is 13.2. The van der Waals surface area contributed by atoms with Crippen LogP contribution in [-0.2, 0) is 6.42 Å². The molecule has 0 radical (unpaired) electrons. The van der Waals surface area contributed by atoms with Crippen LogP contribution in [0.3, 0.4) is 0 Å². The average Bonchev–Trinajstić information content (AvgIpc) is 2.92. The van der Waals surface area contributed by atoms with Crippen LogP contribution in [0.15, 0.2) is 18.2 Å². The molecule has 0 saturated heterocycles. The van der Waals surface area contributed by atoms with E-state index in [1.165, 1.54) is 24.9 Å². The number of fused-ring (bicyclic) bond motifs is 1. The molecule has 1 aromatic rings. The first-order chi connectivity index (χ1) is 9.22. The summed E-state index contributed by atoms with van der Waals surface area (Å²) in [4.78, 5) is 0. The van der Waals surface area contributed by atoms with Crippen LogP contribution in [0, 0.1) is 11.8 Å². The van der Waals surface area contributed by atoms with E-state index in [0.717, 1.165) is 29.8 Å². The smallest absolute Gasteiger partial charge is 0.231 e. The van der Waals surface area contributed by atoms with Gasteiger partial charge >= 0.3 is 0 Å². The highest BCUT2D eigenvalue weighted by molar-refractivity contribution is 5.44. The zero-order valence-electron chi connectivity index (χ0n) is 11.8. The Morgan fingerprint density at radius 2 is 2.11 bits per heavy atom. The van der Waals surface area contributed by atoms with Crippen molar-refractivity contribution in [3.8, 4) is 11.5 Å². The minimum absolute atomic E-state index is 0.357. The van der Waals surface area contributed by atoms with Gasteiger partial charge < -0.3 is 14.8 Å². The molecular formula is C16H23NO2. The lowest BCUT2D eigenvalue weighted by Gasteiger charge is -2.13. The van der Waals surface area contributed by atoms with Gasteiger partial charge in [-0.05, 0) is 62.3 Å². The summed E-state index contributed by atoms with van der Waals surface area (Å²) in [7, 11) is 0. The Bertz CT molecular complexity index is 446. The molecule has 3 unspecified atom stereocenters. The Labute approximate surface area is 115 Å². The van der Waals surface area contributed by atoms with Gasteiger partial charge in [-0.15, -0.1) is 0 Å². The Kier molecular flexibility index (Phi) is 3.65. The molecule has 1 saturated carbocycles. The minimum atomic E-state index is 0.357. The van der Waals surface area contributed by atoms with Crippen molar-refractivity contribution in [1.29, 1.82) is 0 Å². The molecule has 1 heterocycles. The van der Waals surface area contributed by atoms with Crippen molar-refractivity contribution in [2.75, 3.05) is 13.3 Å². The van der Waals surface area contributed by atoms with Crippen LogP contribution in [0.2, 0.25) is 0 Å². The predicted octanol–water partition coefficient (Wildman–Crippen LogP) is 2.98. The Balaban J connectivity index is 1.43. The van der Waals surface area contributed by atoms with Gasteiger partial charge in [0.15, 0.2) is 11.5 Å². The van der Waals surface area contributed by atoms with Gasteiger partial charge in [-0.25, -0.2) is 0 Å². The third kappa shape index (κ3) is 3.21. The van der Waals surface area contributed by atoms with E-state index in [0.29, 0.717) is 12.8 Å². The molecular weight excluding hydrogens is 238 g/mol. The first kappa shape index (κ1) is 12.8. The van der Waals surface area contributed by atoms with E-state index >= 15 is 0 Å². The standard InChI is InChI=1S/C16H23NO2/c1-11-7-14(11)9-17-12(2)3-4-13-5-6-15-16(8-13)19-10-18-15/h5-6,8,11-12,14,17H,3-4,7,9-10H2,1-2H3. The van der Waals surface area contributed by atoms with Gasteiger partial charge in [0, 0.05) is 6.04 Å². The summed E-state index contributed by atoms with van der Waals surface area (Å²) in [6.45, 7) is 6.16. The van der Waals surface area contributed by atoms with E-state index in [1.54, 1.807) is 0 Å². The SMILES string of the molecule is CC(CCc1ccc2c(c1)OCO2)NCC1CC1C. The number of hydrogen-bond acceptors (Lipinski definition) is 3. The van der Waals surface area contributed by atoms with Gasteiger partial charge in [0.25, 0.3) is 0 Å². The lowest BCUT2D eigenvalue weighted by atomic mass is 10.1. The van der Waals surface area contributed by atoms with Crippen LogP contribution < -0.4 is 14.8 Å². The van der Waals surface area contributed by atoms with Crippen LogP contribution in [0.25, 0.3) is 0 Å². The van der Waals surface area contributed by atoms with Crippen LogP contribution in [0.1, 0.15) is 32.3 Å². The van der Waals surface area contributed by atoms with E-state index in [9.17, 15) is 0 Å². The van der Waals surface area contributed by atoms with Crippen molar-refractivity contribution in [3.63, 3.8) is 0 Å². The summed E-state index contributed by atoms with van der Waals surface area (Å²) < 4.78 is 10.7. The Hall–Kier alpha value is -1.22. The third-order valence-electron chi connectivity index (χ3n) is 4.31. The maximum Gasteiger partial charge on any atom is 0.231 e. The molecule has 2 aliphatic rings. The summed E-state index contributed by atoms with van der Waals surface area (Å²) in [5.74, 6) is 3.63. The quantitative estimate of drug-likeness (QED) is 0.854. The van der Waals surface area contributed by atoms with Crippen LogP contribution >= 0.6 is 0 Å². The number of ether oxygens (including phenoxy) is 2. The molecule has 0 bridgehead atoms. The molecule has 3 rings (SSSR count). The predicted molar refractivity (Wildman–Crippen MR) is 75.6 cm³/mol. The summed E-state index contributed by atoms with van der Waals surface area (Å²) in [6.07, 6.45) is 3.66. The first-order valence-electron chi connectivity index (χ1n) is 7.34. The second kappa shape index (κ2) is 5.41. The highest BCUT2D eigenvalue weighted by Gasteiger charge is 2.31. The maximum absolute atomic E-state index is 5.41. The van der Waals surface area contributed by atoms with Crippen LogP contribution in [0.4, 0.5) is 0 Å². The second-order valence-electron chi connectivity index (χ2n) is 6.01. The molecule has 0 spiro atoms. The number of nitrogens with one attached hydrogen (secondary N) is 1. The molecule has 1 fully saturated rings. The number of benzene rings is 1. The molecule has 3 heteroatoms. The van der Waals surface area contributed by atoms with Gasteiger partial charge in [0.05, 0.1) is 0 Å². The molecule has 1 aliphatic carbocycles. The van der Waals surface area contributed by atoms with Crippen molar-refractivity contribution in [1.82, 2.24) is 5.32 Å². The van der Waals surface area contributed by atoms with E-state index in [1.807, 2.05) is 6.07 Å². The lowest BCUT2D eigenvalue weighted by molar-refractivity contribution is 0.174. The number of aryl methyl sites for hydroxylation is 1. The highest BCUT2D eigenvalue weighted by Crippen LogP contribution is 2.37. The summed E-state index contributed by atoms with van der Waals surface area (Å²) in [6, 6.07) is 6.85. The van der Waals surface area contributed by atoms with Crippen LogP contribution in [-0.4, -0.2) is 19.4 Å². The Morgan fingerprint density at radius 3 is 2.89 bits per heavy atom. The molecule has 1 N–H and O–H groups in total. The maximum atomic E-state index is 5.41. The van der Waals surface area contributed by atoms with Crippen molar-refractivity contribution in [2.24, 2.45) is 11.8 Å². The fourth-order valence-corrected chi connectivity index (χ4v) is 2.62. The van der Waals surface area contributed by atoms with Gasteiger partial charge in [0.2, 0.25) is 6.79 Å². The topological polar surface area (TPSA) is 30.5 Å². The zero-order valence-corrected chi connectivity index (χ0v) is 11.8. The molecule has 0 aromatic heterocycles. The molecule has 19 heavy (non-hydrogen) atoms. The molecule has 104 valence electrons. The minimum Gasteiger partial charge on any atom is -0.454 e. The number of rotatable bonds is 6. The van der Waals surface area contributed by atoms with Crippen LogP contribution in [0.5, 0.6) is 11.5 Å². The summed E-state index contributed by atoms with van der Waals surface area (Å²) >= 11 is 0. The number of hydrogen-bond donors (Lipinski definition) is 1. The fourth-order valence-electron chi connectivity index (χ4n) is 2.62. The third-order valence-corrected chi connectivity index (χ3v) is 4.31. The largest absolute Gasteiger partial charge is 0.454 e. The van der Waals surface area contributed by atoms with Crippen molar-refractivity contribution >= 4 is 0 Å². The first-order valence-corrected chi connectivity index (χ1v) is 7.34. The summed E-state index contributed by atoms with van der Waals surface area (Å²) in [5, 5.41) is 3.64. The average molecular weight is 261 g/mol. The van der Waals surface area contributed by atoms with Crippen molar-refractivity contribution < 1.29 is 9.47 Å². The fraction of sp³-hybridized carbons (Fsp3) is 0.625. The summed E-state index contributed by atoms with van der Waals surface area (Å²) in [5.41, 5.74) is 1.33. The van der Waals surface area contributed by atoms with E-state index in [4.69, 9.17) is 9.47 Å². The molecule has 1 aromatic carbocycles. The van der Waals surface area contributed by atoms with E-state index in [-0.39, 0.29) is 0 Å².